The summed E-state index contributed by atoms with van der Waals surface area (Å²) < 4.78 is 11.1. The Kier molecular flexibility index (Phi) is 3.81. The Morgan fingerprint density at radius 1 is 1.56 bits per heavy atom. The number of nitrogens with zero attached hydrogens (tertiary/aromatic N) is 2. The van der Waals surface area contributed by atoms with Gasteiger partial charge in [0.2, 0.25) is 5.89 Å². The minimum absolute atomic E-state index is 0.0522. The molecule has 18 heavy (non-hydrogen) atoms. The van der Waals surface area contributed by atoms with Gasteiger partial charge in [-0.1, -0.05) is 6.92 Å². The van der Waals surface area contributed by atoms with E-state index in [4.69, 9.17) is 13.9 Å². The van der Waals surface area contributed by atoms with Gasteiger partial charge in [0.25, 0.3) is 5.89 Å². The van der Waals surface area contributed by atoms with Crippen molar-refractivity contribution >= 4 is 21.9 Å². The minimum atomic E-state index is -0.834. The summed E-state index contributed by atoms with van der Waals surface area (Å²) in [6.07, 6.45) is 2.03. The Morgan fingerprint density at radius 2 is 2.33 bits per heavy atom. The minimum Gasteiger partial charge on any atom is -0.481 e. The quantitative estimate of drug-likeness (QED) is 0.912. The lowest BCUT2D eigenvalue weighted by molar-refractivity contribution is -0.137. The van der Waals surface area contributed by atoms with Crippen LogP contribution in [0.4, 0.5) is 0 Å². The van der Waals surface area contributed by atoms with Crippen molar-refractivity contribution < 1.29 is 18.7 Å². The third kappa shape index (κ3) is 2.98. The maximum atomic E-state index is 10.6. The van der Waals surface area contributed by atoms with Gasteiger partial charge in [-0.3, -0.25) is 4.79 Å². The van der Waals surface area contributed by atoms with Crippen molar-refractivity contribution in [3.63, 3.8) is 0 Å². The van der Waals surface area contributed by atoms with E-state index in [9.17, 15) is 4.79 Å². The zero-order valence-corrected chi connectivity index (χ0v) is 11.2. The van der Waals surface area contributed by atoms with Crippen molar-refractivity contribution in [2.45, 2.75) is 19.8 Å². The summed E-state index contributed by atoms with van der Waals surface area (Å²) >= 11 is 3.22. The highest BCUT2D eigenvalue weighted by Crippen LogP contribution is 2.28. The molecule has 0 amide bonds. The van der Waals surface area contributed by atoms with Gasteiger partial charge in [-0.05, 0) is 27.9 Å². The van der Waals surface area contributed by atoms with E-state index in [0.29, 0.717) is 28.4 Å². The van der Waals surface area contributed by atoms with Crippen molar-refractivity contribution in [3.05, 3.63) is 22.9 Å². The molecule has 2 aromatic heterocycles. The van der Waals surface area contributed by atoms with E-state index in [1.807, 2.05) is 6.92 Å². The fourth-order valence-electron chi connectivity index (χ4n) is 1.56. The van der Waals surface area contributed by atoms with Gasteiger partial charge in [0.15, 0.2) is 4.67 Å². The molecule has 0 spiro atoms. The summed E-state index contributed by atoms with van der Waals surface area (Å²) in [5, 5.41) is 16.5. The van der Waals surface area contributed by atoms with Gasteiger partial charge >= 0.3 is 5.97 Å². The standard InChI is InChI=1S/C11H11BrN2O4/c1-6(5-9(15)16)4-8-13-14-11(18-8)7-2-3-17-10(7)12/h2-3,6H,4-5H2,1H3,(H,15,16). The first-order valence-electron chi connectivity index (χ1n) is 5.33. The first-order chi connectivity index (χ1) is 8.56. The van der Waals surface area contributed by atoms with E-state index < -0.39 is 5.97 Å². The van der Waals surface area contributed by atoms with Crippen molar-refractivity contribution in [3.8, 4) is 11.5 Å². The number of furan rings is 1. The van der Waals surface area contributed by atoms with Crippen molar-refractivity contribution in [1.29, 1.82) is 0 Å². The van der Waals surface area contributed by atoms with Crippen LogP contribution in [0.2, 0.25) is 0 Å². The van der Waals surface area contributed by atoms with E-state index in [1.54, 1.807) is 6.07 Å². The molecule has 2 aromatic rings. The predicted molar refractivity (Wildman–Crippen MR) is 64.8 cm³/mol. The topological polar surface area (TPSA) is 89.4 Å². The van der Waals surface area contributed by atoms with Crippen molar-refractivity contribution in [1.82, 2.24) is 10.2 Å². The number of aliphatic carboxylic acids is 1. The Bertz CT molecular complexity index is 549. The molecular formula is C11H11BrN2O4. The number of carbonyl (C=O) groups is 1. The highest BCUT2D eigenvalue weighted by molar-refractivity contribution is 9.10. The highest BCUT2D eigenvalue weighted by atomic mass is 79.9. The first-order valence-corrected chi connectivity index (χ1v) is 6.13. The molecule has 0 aromatic carbocycles. The summed E-state index contributed by atoms with van der Waals surface area (Å²) in [4.78, 5) is 10.6. The molecular weight excluding hydrogens is 304 g/mol. The van der Waals surface area contributed by atoms with Crippen LogP contribution in [0, 0.1) is 5.92 Å². The average Bonchev–Trinajstić information content (AvgIpc) is 2.85. The molecule has 1 N–H and O–H groups in total. The smallest absolute Gasteiger partial charge is 0.303 e. The number of carboxylic acids is 1. The summed E-state index contributed by atoms with van der Waals surface area (Å²) in [6.45, 7) is 1.83. The third-order valence-electron chi connectivity index (χ3n) is 2.36. The summed E-state index contributed by atoms with van der Waals surface area (Å²) in [5.74, 6) is -0.108. The molecule has 0 aliphatic rings. The third-order valence-corrected chi connectivity index (χ3v) is 2.98. The van der Waals surface area contributed by atoms with Gasteiger partial charge in [-0.25, -0.2) is 0 Å². The van der Waals surface area contributed by atoms with Crippen LogP contribution in [0.3, 0.4) is 0 Å². The van der Waals surface area contributed by atoms with Crippen LogP contribution in [-0.2, 0) is 11.2 Å². The SMILES string of the molecule is CC(CC(=O)O)Cc1nnc(-c2ccoc2Br)o1. The zero-order chi connectivity index (χ0) is 13.1. The maximum Gasteiger partial charge on any atom is 0.303 e. The van der Waals surface area contributed by atoms with E-state index in [2.05, 4.69) is 26.1 Å². The largest absolute Gasteiger partial charge is 0.481 e. The van der Waals surface area contributed by atoms with Gasteiger partial charge in [-0.2, -0.15) is 0 Å². The highest BCUT2D eigenvalue weighted by Gasteiger charge is 2.16. The van der Waals surface area contributed by atoms with Crippen molar-refractivity contribution in [2.24, 2.45) is 5.92 Å². The lowest BCUT2D eigenvalue weighted by Gasteiger charge is -2.03. The summed E-state index contributed by atoms with van der Waals surface area (Å²) in [6, 6.07) is 1.71. The monoisotopic (exact) mass is 314 g/mol. The van der Waals surface area contributed by atoms with Crippen LogP contribution in [0.5, 0.6) is 0 Å². The number of carboxylic acid groups (broad SMARTS) is 1. The molecule has 0 saturated heterocycles. The predicted octanol–water partition coefficient (Wildman–Crippen LogP) is 2.75. The molecule has 0 bridgehead atoms. The van der Waals surface area contributed by atoms with E-state index >= 15 is 0 Å². The Balaban J connectivity index is 2.07. The Morgan fingerprint density at radius 3 is 2.94 bits per heavy atom. The van der Waals surface area contributed by atoms with Gasteiger partial charge in [0.1, 0.15) is 0 Å². The zero-order valence-electron chi connectivity index (χ0n) is 9.59. The van der Waals surface area contributed by atoms with Gasteiger partial charge < -0.3 is 13.9 Å². The lowest BCUT2D eigenvalue weighted by atomic mass is 10.0. The first kappa shape index (κ1) is 12.8. The van der Waals surface area contributed by atoms with E-state index in [0.717, 1.165) is 0 Å². The molecule has 6 nitrogen and oxygen atoms in total. The van der Waals surface area contributed by atoms with Gasteiger partial charge in [0.05, 0.1) is 11.8 Å². The molecule has 0 aliphatic carbocycles. The van der Waals surface area contributed by atoms with Crippen LogP contribution in [0.15, 0.2) is 25.8 Å². The van der Waals surface area contributed by atoms with E-state index in [1.165, 1.54) is 6.26 Å². The lowest BCUT2D eigenvalue weighted by Crippen LogP contribution is -2.07. The van der Waals surface area contributed by atoms with Crippen LogP contribution in [0.25, 0.3) is 11.5 Å². The number of aromatic nitrogens is 2. The van der Waals surface area contributed by atoms with Crippen LogP contribution >= 0.6 is 15.9 Å². The van der Waals surface area contributed by atoms with E-state index in [-0.39, 0.29) is 12.3 Å². The van der Waals surface area contributed by atoms with Gasteiger partial charge in [0, 0.05) is 12.8 Å². The van der Waals surface area contributed by atoms with Crippen LogP contribution in [-0.4, -0.2) is 21.3 Å². The normalized spacial score (nSPS) is 12.6. The number of halogens is 1. The van der Waals surface area contributed by atoms with Gasteiger partial charge in [-0.15, -0.1) is 10.2 Å². The molecule has 96 valence electrons. The maximum absolute atomic E-state index is 10.6. The molecule has 1 unspecified atom stereocenters. The summed E-state index contributed by atoms with van der Waals surface area (Å²) in [5.41, 5.74) is 0.680. The number of rotatable bonds is 5. The Hall–Kier alpha value is -1.63. The van der Waals surface area contributed by atoms with Crippen LogP contribution < -0.4 is 0 Å². The molecule has 0 aliphatic heterocycles. The fourth-order valence-corrected chi connectivity index (χ4v) is 1.97. The molecule has 2 heterocycles. The molecule has 2 rings (SSSR count). The molecule has 7 heteroatoms. The second-order valence-corrected chi connectivity index (χ2v) is 4.74. The number of hydrogen-bond donors (Lipinski definition) is 1. The van der Waals surface area contributed by atoms with Crippen LogP contribution in [0.1, 0.15) is 19.2 Å². The summed E-state index contributed by atoms with van der Waals surface area (Å²) in [7, 11) is 0. The fraction of sp³-hybridized carbons (Fsp3) is 0.364. The molecule has 1 atom stereocenters. The second-order valence-electron chi connectivity index (χ2n) is 4.02. The second kappa shape index (κ2) is 5.34. The molecule has 0 saturated carbocycles. The number of hydrogen-bond acceptors (Lipinski definition) is 5. The molecule has 0 fully saturated rings. The average molecular weight is 315 g/mol. The molecule has 0 radical (unpaired) electrons. The Labute approximate surface area is 111 Å². The van der Waals surface area contributed by atoms with Crippen molar-refractivity contribution in [2.75, 3.05) is 0 Å².